The number of benzene rings is 1. The van der Waals surface area contributed by atoms with E-state index in [1.165, 1.54) is 23.5 Å². The van der Waals surface area contributed by atoms with E-state index in [2.05, 4.69) is 15.4 Å². The molecule has 0 radical (unpaired) electrons. The molecule has 1 amide bonds. The first kappa shape index (κ1) is 18.2. The third-order valence-electron chi connectivity index (χ3n) is 3.95. The maximum Gasteiger partial charge on any atom is 0.271 e. The summed E-state index contributed by atoms with van der Waals surface area (Å²) in [4.78, 5) is 16.9. The monoisotopic (exact) mass is 374 g/mol. The maximum absolute atomic E-state index is 13.1. The van der Waals surface area contributed by atoms with Gasteiger partial charge < -0.3 is 10.1 Å². The number of aromatic nitrogens is 3. The number of hydrogen-bond donors (Lipinski definition) is 1. The molecule has 6 nitrogen and oxygen atoms in total. The van der Waals surface area contributed by atoms with Crippen molar-refractivity contribution in [2.45, 2.75) is 19.1 Å². The summed E-state index contributed by atoms with van der Waals surface area (Å²) in [5, 5.41) is 9.45. The summed E-state index contributed by atoms with van der Waals surface area (Å²) in [6.45, 7) is 1.84. The summed E-state index contributed by atoms with van der Waals surface area (Å²) < 4.78 is 20.3. The summed E-state index contributed by atoms with van der Waals surface area (Å²) in [5.74, 6) is -0.598. The van der Waals surface area contributed by atoms with Crippen LogP contribution in [-0.4, -0.2) is 33.8 Å². The number of methoxy groups -OCH3 is 1. The lowest BCUT2D eigenvalue weighted by atomic mass is 10.0. The van der Waals surface area contributed by atoms with Gasteiger partial charge in [0.1, 0.15) is 22.6 Å². The lowest BCUT2D eigenvalue weighted by Crippen LogP contribution is -2.37. The van der Waals surface area contributed by atoms with Crippen molar-refractivity contribution in [3.05, 3.63) is 59.1 Å². The smallest absolute Gasteiger partial charge is 0.271 e. The Morgan fingerprint density at radius 3 is 2.69 bits per heavy atom. The fourth-order valence-electron chi connectivity index (χ4n) is 2.68. The molecule has 1 N–H and O–H groups in total. The maximum atomic E-state index is 13.1. The first-order valence-electron chi connectivity index (χ1n) is 8.01. The predicted molar refractivity (Wildman–Crippen MR) is 97.4 cm³/mol. The summed E-state index contributed by atoms with van der Waals surface area (Å²) in [5.41, 5.74) is 2.00. The molecule has 0 fully saturated rings. The van der Waals surface area contributed by atoms with Gasteiger partial charge in [0.15, 0.2) is 0 Å². The van der Waals surface area contributed by atoms with Gasteiger partial charge in [-0.1, -0.05) is 12.1 Å². The van der Waals surface area contributed by atoms with E-state index in [1.807, 2.05) is 20.2 Å². The van der Waals surface area contributed by atoms with Crippen LogP contribution in [0.2, 0.25) is 0 Å². The number of ether oxygens (including phenoxy) is 1. The number of thiazole rings is 1. The normalized spacial score (nSPS) is 13.4. The van der Waals surface area contributed by atoms with Crippen LogP contribution in [0.25, 0.3) is 10.6 Å². The fourth-order valence-corrected chi connectivity index (χ4v) is 3.46. The highest BCUT2D eigenvalue weighted by Crippen LogP contribution is 2.24. The molecule has 0 aliphatic rings. The SMILES string of the molecule is CO[C@@H](c1ccc(F)cc1)[C@H](C)NC(=O)c1csc(-c2cnn(C)c2)n1. The summed E-state index contributed by atoms with van der Waals surface area (Å²) >= 11 is 1.39. The predicted octanol–water partition coefficient (Wildman–Crippen LogP) is 3.19. The van der Waals surface area contributed by atoms with E-state index in [0.29, 0.717) is 5.69 Å². The van der Waals surface area contributed by atoms with E-state index in [-0.39, 0.29) is 17.8 Å². The number of nitrogens with zero attached hydrogens (tertiary/aromatic N) is 3. The van der Waals surface area contributed by atoms with Crippen molar-refractivity contribution in [2.24, 2.45) is 7.05 Å². The minimum absolute atomic E-state index is 0.284. The number of nitrogens with one attached hydrogen (secondary N) is 1. The van der Waals surface area contributed by atoms with Gasteiger partial charge in [-0.2, -0.15) is 5.10 Å². The van der Waals surface area contributed by atoms with E-state index in [1.54, 1.807) is 35.5 Å². The molecule has 0 aliphatic heterocycles. The number of carbonyl (C=O) groups excluding carboxylic acids is 1. The van der Waals surface area contributed by atoms with Crippen LogP contribution in [0.3, 0.4) is 0 Å². The van der Waals surface area contributed by atoms with Crippen molar-refractivity contribution in [1.82, 2.24) is 20.1 Å². The molecule has 8 heteroatoms. The highest BCUT2D eigenvalue weighted by molar-refractivity contribution is 7.13. The number of carbonyl (C=O) groups is 1. The quantitative estimate of drug-likeness (QED) is 0.719. The molecule has 0 saturated heterocycles. The number of aryl methyl sites for hydroxylation is 1. The zero-order chi connectivity index (χ0) is 18.7. The summed E-state index contributed by atoms with van der Waals surface area (Å²) in [7, 11) is 3.38. The molecule has 2 atom stereocenters. The Morgan fingerprint density at radius 2 is 2.08 bits per heavy atom. The molecule has 0 bridgehead atoms. The van der Waals surface area contributed by atoms with Crippen molar-refractivity contribution in [3.8, 4) is 10.6 Å². The van der Waals surface area contributed by atoms with Gasteiger partial charge in [0.05, 0.1) is 12.2 Å². The second-order valence-electron chi connectivity index (χ2n) is 5.91. The number of halogens is 1. The minimum atomic E-state index is -0.393. The lowest BCUT2D eigenvalue weighted by Gasteiger charge is -2.23. The van der Waals surface area contributed by atoms with Crippen molar-refractivity contribution in [1.29, 1.82) is 0 Å². The molecule has 0 unspecified atom stereocenters. The molecular weight excluding hydrogens is 355 g/mol. The molecule has 2 heterocycles. The third kappa shape index (κ3) is 3.97. The molecule has 2 aromatic heterocycles. The average molecular weight is 374 g/mol. The fraction of sp³-hybridized carbons (Fsp3) is 0.278. The van der Waals surface area contributed by atoms with Crippen LogP contribution in [0.15, 0.2) is 42.0 Å². The van der Waals surface area contributed by atoms with E-state index in [0.717, 1.165) is 16.1 Å². The minimum Gasteiger partial charge on any atom is -0.375 e. The Bertz CT molecular complexity index is 891. The van der Waals surface area contributed by atoms with Gasteiger partial charge >= 0.3 is 0 Å². The molecule has 1 aromatic carbocycles. The van der Waals surface area contributed by atoms with Crippen LogP contribution in [0.5, 0.6) is 0 Å². The van der Waals surface area contributed by atoms with Gasteiger partial charge in [-0.25, -0.2) is 9.37 Å². The molecule has 3 rings (SSSR count). The number of rotatable bonds is 6. The van der Waals surface area contributed by atoms with Crippen LogP contribution in [-0.2, 0) is 11.8 Å². The molecule has 3 aromatic rings. The lowest BCUT2D eigenvalue weighted by molar-refractivity contribution is 0.0642. The topological polar surface area (TPSA) is 69.0 Å². The van der Waals surface area contributed by atoms with Gasteiger partial charge in [0, 0.05) is 31.3 Å². The Balaban J connectivity index is 1.70. The zero-order valence-electron chi connectivity index (χ0n) is 14.6. The van der Waals surface area contributed by atoms with Crippen molar-refractivity contribution in [3.63, 3.8) is 0 Å². The van der Waals surface area contributed by atoms with Crippen LogP contribution in [0, 0.1) is 5.82 Å². The molecule has 136 valence electrons. The molecule has 26 heavy (non-hydrogen) atoms. The van der Waals surface area contributed by atoms with E-state index in [9.17, 15) is 9.18 Å². The molecule has 0 saturated carbocycles. The highest BCUT2D eigenvalue weighted by atomic mass is 32.1. The van der Waals surface area contributed by atoms with Crippen molar-refractivity contribution >= 4 is 17.2 Å². The van der Waals surface area contributed by atoms with Crippen LogP contribution < -0.4 is 5.32 Å². The Labute approximate surface area is 154 Å². The Hall–Kier alpha value is -2.58. The Kier molecular flexibility index (Phi) is 5.43. The third-order valence-corrected chi connectivity index (χ3v) is 4.85. The second-order valence-corrected chi connectivity index (χ2v) is 6.77. The van der Waals surface area contributed by atoms with E-state index >= 15 is 0 Å². The molecular formula is C18H19FN4O2S. The number of amides is 1. The van der Waals surface area contributed by atoms with Crippen LogP contribution >= 0.6 is 11.3 Å². The standard InChI is InChI=1S/C18H19FN4O2S/c1-11(16(25-3)12-4-6-14(19)7-5-12)21-17(24)15-10-26-18(22-15)13-8-20-23(2)9-13/h4-11,16H,1-3H3,(H,21,24)/t11-,16+/m0/s1. The largest absolute Gasteiger partial charge is 0.375 e. The average Bonchev–Trinajstić information content (AvgIpc) is 3.26. The summed E-state index contributed by atoms with van der Waals surface area (Å²) in [6.07, 6.45) is 3.16. The molecule has 0 aliphatic carbocycles. The first-order chi connectivity index (χ1) is 12.5. The highest BCUT2D eigenvalue weighted by Gasteiger charge is 2.22. The van der Waals surface area contributed by atoms with Crippen LogP contribution in [0.4, 0.5) is 4.39 Å². The Morgan fingerprint density at radius 1 is 1.35 bits per heavy atom. The van der Waals surface area contributed by atoms with E-state index < -0.39 is 6.10 Å². The van der Waals surface area contributed by atoms with Gasteiger partial charge in [0.2, 0.25) is 0 Å². The van der Waals surface area contributed by atoms with Gasteiger partial charge in [0.25, 0.3) is 5.91 Å². The first-order valence-corrected chi connectivity index (χ1v) is 8.89. The molecule has 0 spiro atoms. The van der Waals surface area contributed by atoms with Gasteiger partial charge in [-0.05, 0) is 24.6 Å². The van der Waals surface area contributed by atoms with E-state index in [4.69, 9.17) is 4.74 Å². The second kappa shape index (κ2) is 7.76. The van der Waals surface area contributed by atoms with Crippen molar-refractivity contribution in [2.75, 3.05) is 7.11 Å². The summed E-state index contributed by atoms with van der Waals surface area (Å²) in [6, 6.07) is 5.72. The van der Waals surface area contributed by atoms with Gasteiger partial charge in [-0.3, -0.25) is 9.48 Å². The zero-order valence-corrected chi connectivity index (χ0v) is 15.5. The van der Waals surface area contributed by atoms with Crippen molar-refractivity contribution < 1.29 is 13.9 Å². The van der Waals surface area contributed by atoms with Crippen LogP contribution in [0.1, 0.15) is 29.1 Å². The van der Waals surface area contributed by atoms with Gasteiger partial charge in [-0.15, -0.1) is 11.3 Å². The number of hydrogen-bond acceptors (Lipinski definition) is 5.